The molecule has 1 fully saturated rings. The fourth-order valence-electron chi connectivity index (χ4n) is 9.13. The van der Waals surface area contributed by atoms with Crippen molar-refractivity contribution in [3.63, 3.8) is 0 Å². The molecule has 1 aliphatic heterocycles. The first kappa shape index (κ1) is 128. The summed E-state index contributed by atoms with van der Waals surface area (Å²) in [7, 11) is 14.0. The summed E-state index contributed by atoms with van der Waals surface area (Å²) in [4.78, 5) is 73.4. The normalized spacial score (nSPS) is 10.3. The summed E-state index contributed by atoms with van der Waals surface area (Å²) in [6.45, 7) is 3.80. The fourth-order valence-corrected chi connectivity index (χ4v) is 11.0. The fraction of sp³-hybridized carbons (Fsp3) is 0.244. The number of nitrogen functional groups attached to an aromatic ring is 4. The molecule has 36 nitrogen and oxygen atoms in total. The number of primary amides is 2. The standard InChI is InChI=1S/C16H17ClN2O3.C9H6BrClN2O.C9H7BrN2O2.C8H11BO4.C8H8BrNO2.C8H9NO3.C8H11NO2.C8H9NO2.C4H8O.CH2Cl2.CH4N2O.2CH4.B.Cl3OP.Mn.2O/c1-10(21-2)6-13(22-3)5-4-11-7-12-9-18-16(17)19-14(12)8-15(11)20;1-14-8-3-7-5(2-6(8)10)4-12-9(11)13-7;1-14-8-3-7-5(2-6(8)10)4-11-9(13)12-7;1-12-7-3-6(9(10)11)4-8(5-7)13-2;1-12-8-3-7(10)5(4-11)2-6(8)9;1-12-5-2-3-6(8(10)11)7(9)4-5;2*1-11-7-3-2-6(5-10)8(9)4-7;1-2-4-5-3-1;2-1-3;2-1(3)4;;;;1-5(2,3)4;;;/h5-9,20H,4H2,1-3H3;2-4H,1H3;2-4H,1H3,(H,11,12,13);3-5,10-11H,1-2H3;2-4H,10H2,1H3;2-4H,9H2,1H3,(H,10,11);2-4,10H,5,9H2,1H3;2-5H,9H2,1H3;1-4H2;1H2;(H4,2,3,4);2*1H4;;;;;/b10-6+,13-5+;;;;;;;;;;;;;;;;;. The van der Waals surface area contributed by atoms with Crippen molar-refractivity contribution < 1.29 is 124 Å². The number of halogens is 10. The number of ether oxygens (including phenoxy) is 11. The number of aromatic hydroxyl groups is 1. The summed E-state index contributed by atoms with van der Waals surface area (Å²) >= 11 is 43.3. The molecule has 0 atom stereocenters. The van der Waals surface area contributed by atoms with Gasteiger partial charge in [-0.05, 0) is 215 Å². The van der Waals surface area contributed by atoms with E-state index >= 15 is 0 Å². The van der Waals surface area contributed by atoms with Crippen LogP contribution < -0.4 is 83.4 Å². The minimum atomic E-state index is -3.22. The van der Waals surface area contributed by atoms with Crippen LogP contribution in [-0.2, 0) is 54.3 Å². The number of benzene rings is 8. The van der Waals surface area contributed by atoms with Crippen LogP contribution in [0.25, 0.3) is 32.7 Å². The maximum atomic E-state index is 10.9. The van der Waals surface area contributed by atoms with Gasteiger partial charge in [-0.2, -0.15) is 0 Å². The molecule has 3 aromatic heterocycles. The number of aliphatic hydroxyl groups excluding tert-OH is 1. The summed E-state index contributed by atoms with van der Waals surface area (Å²) in [5.74, 6) is 5.53. The first-order valence-electron chi connectivity index (χ1n) is 35.6. The second-order valence-electron chi connectivity index (χ2n) is 23.7. The number of H-pyrrole nitrogens is 1. The van der Waals surface area contributed by atoms with Gasteiger partial charge in [0, 0.05) is 150 Å². The Hall–Kier alpha value is -10.1. The van der Waals surface area contributed by atoms with Crippen LogP contribution in [0.5, 0.6) is 51.7 Å². The van der Waals surface area contributed by atoms with Gasteiger partial charge in [-0.25, -0.2) is 39.3 Å². The van der Waals surface area contributed by atoms with Gasteiger partial charge in [-0.1, -0.05) is 20.9 Å². The number of aromatic nitrogens is 6. The van der Waals surface area contributed by atoms with Crippen LogP contribution in [0.1, 0.15) is 76.8 Å². The van der Waals surface area contributed by atoms with Crippen LogP contribution >= 0.6 is 133 Å². The first-order valence-corrected chi connectivity index (χ1v) is 45.2. The second kappa shape index (κ2) is 71.5. The number of hydrogen-bond acceptors (Lipinski definition) is 32. The van der Waals surface area contributed by atoms with Crippen LogP contribution in [-0.4, -0.2) is 185 Å². The molecule has 50 heteroatoms. The molecule has 12 rings (SSSR count). The molecule has 720 valence electrons. The number of nitrogens with two attached hydrogens (primary N) is 6. The van der Waals surface area contributed by atoms with E-state index in [9.17, 15) is 28.8 Å². The van der Waals surface area contributed by atoms with Crippen LogP contribution in [0.3, 0.4) is 0 Å². The number of aldehydes is 2. The zero-order valence-corrected chi connectivity index (χ0v) is 83.1. The number of aromatic amines is 1. The molecular weight excluding hydrogens is 2130 g/mol. The molecule has 8 aromatic carbocycles. The third kappa shape index (κ3) is 52.4. The van der Waals surface area contributed by atoms with Gasteiger partial charge in [-0.15, -0.1) is 23.2 Å². The van der Waals surface area contributed by atoms with E-state index in [1.807, 2.05) is 37.3 Å². The number of hydrogen-bond donors (Lipinski definition) is 12. The van der Waals surface area contributed by atoms with Gasteiger partial charge in [0.05, 0.1) is 124 Å². The van der Waals surface area contributed by atoms with E-state index in [1.54, 1.807) is 141 Å². The van der Waals surface area contributed by atoms with Crippen molar-refractivity contribution in [2.24, 2.45) is 11.5 Å². The summed E-state index contributed by atoms with van der Waals surface area (Å²) in [6.07, 6.45) is 13.0. The van der Waals surface area contributed by atoms with Crippen molar-refractivity contribution >= 4 is 234 Å². The molecule has 1 aliphatic rings. The van der Waals surface area contributed by atoms with Gasteiger partial charge in [0.15, 0.2) is 12.6 Å². The third-order valence-corrected chi connectivity index (χ3v) is 17.5. The van der Waals surface area contributed by atoms with E-state index in [0.717, 1.165) is 77.2 Å². The molecule has 0 saturated carbocycles. The van der Waals surface area contributed by atoms with Crippen molar-refractivity contribution in [3.05, 3.63) is 226 Å². The van der Waals surface area contributed by atoms with E-state index < -0.39 is 39.1 Å². The van der Waals surface area contributed by atoms with E-state index in [2.05, 4.69) is 123 Å². The Morgan fingerprint density at radius 3 is 1.40 bits per heavy atom. The number of aliphatic hydroxyl groups is 1. The molecule has 0 bridgehead atoms. The predicted molar refractivity (Wildman–Crippen MR) is 528 cm³/mol. The summed E-state index contributed by atoms with van der Waals surface area (Å²) in [6, 6.07) is 32.4. The monoisotopic (exact) mass is 2230 g/mol. The number of rotatable bonds is 18. The van der Waals surface area contributed by atoms with Gasteiger partial charge < -0.3 is 117 Å². The van der Waals surface area contributed by atoms with Crippen molar-refractivity contribution in [3.8, 4) is 51.7 Å². The average molecular weight is 2230 g/mol. The number of carbonyl (C=O) groups excluding carboxylic acids is 3. The molecule has 2 amide bonds. The Bertz CT molecular complexity index is 5560. The topological polar surface area (TPSA) is 576 Å². The number of carbonyl (C=O) groups is 4. The number of phenolic OH excluding ortho intramolecular Hbond substituents is 1. The number of nitrogens with zero attached hydrogens (tertiary/aromatic N) is 5. The van der Waals surface area contributed by atoms with E-state index in [1.165, 1.54) is 64.6 Å². The number of phenols is 1. The Kier molecular flexibility index (Phi) is 69.5. The third-order valence-electron chi connectivity index (χ3n) is 15.3. The number of urea groups is 1. The Morgan fingerprint density at radius 2 is 0.992 bits per heavy atom. The van der Waals surface area contributed by atoms with E-state index in [-0.39, 0.29) is 68.5 Å². The van der Waals surface area contributed by atoms with E-state index in [4.69, 9.17) is 154 Å². The number of aromatic carboxylic acids is 1. The zero-order chi connectivity index (χ0) is 98.1. The number of nitrogens with one attached hydrogen (secondary N) is 1. The molecule has 0 unspecified atom stereocenters. The van der Waals surface area contributed by atoms with Gasteiger partial charge in [0.1, 0.15) is 57.5 Å². The number of methoxy groups -OCH3 is 10. The first-order chi connectivity index (χ1) is 61.0. The second-order valence-corrected chi connectivity index (χ2v) is 34.6. The number of carboxylic acid groups (broad SMARTS) is 1. The van der Waals surface area contributed by atoms with Gasteiger partial charge in [0.25, 0.3) is 0 Å². The molecule has 11 aromatic rings. The Labute approximate surface area is 830 Å². The van der Waals surface area contributed by atoms with Gasteiger partial charge in [-0.3, -0.25) is 14.2 Å². The minimum absolute atomic E-state index is 0. The van der Waals surface area contributed by atoms with E-state index in [0.29, 0.717) is 103 Å². The molecule has 0 aliphatic carbocycles. The number of amides is 2. The molecule has 18 N–H and O–H groups in total. The molecule has 132 heavy (non-hydrogen) atoms. The quantitative estimate of drug-likeness (QED) is 0.00555. The van der Waals surface area contributed by atoms with Crippen LogP contribution in [0.2, 0.25) is 10.6 Å². The van der Waals surface area contributed by atoms with Crippen LogP contribution in [0, 0.1) is 0 Å². The summed E-state index contributed by atoms with van der Waals surface area (Å²) in [5.41, 5.74) is 36.8. The number of alkyl halides is 2. The number of allylic oxidation sites excluding steroid dienone is 3. The van der Waals surface area contributed by atoms with Gasteiger partial charge >= 0.3 is 52.5 Å². The average Bonchev–Trinajstić information content (AvgIpc) is 0.928. The SMILES string of the molecule is C.C.C1CCOC1.CO/C(C)=C/C(=C\Cc1cc2cnc(Cl)nc2cc1O)OC.COc1cc(N)c(C=O)cc1Br.COc1cc(OC)cc(B(O)O)c1.COc1cc2[nH]c(=O)ncc2cc1Br.COc1cc2nc(Cl)ncc2cc1Br.COc1ccc(C(=O)O)c(N)c1.COc1ccc(C=O)c(N)c1.COc1ccc(CO)c(N)c1.ClCCl.NC(N)=O.O=P(Cl)(Cl)Cl.[B].[O]=[Mn]=[O]. The number of anilines is 4. The molecule has 4 heterocycles. The molecule has 3 radical (unpaired) electrons. The summed E-state index contributed by atoms with van der Waals surface area (Å²) in [5, 5.41) is 45.2. The van der Waals surface area contributed by atoms with Crippen molar-refractivity contribution in [2.75, 3.05) is 113 Å². The molecule has 0 spiro atoms. The Morgan fingerprint density at radius 1 is 0.576 bits per heavy atom. The summed E-state index contributed by atoms with van der Waals surface area (Å²) < 4.78 is 83.9. The van der Waals surface area contributed by atoms with Crippen molar-refractivity contribution in [1.29, 1.82) is 0 Å². The predicted octanol–water partition coefficient (Wildman–Crippen LogP) is 17.1. The Balaban J connectivity index is -0.000000691. The van der Waals surface area contributed by atoms with Crippen molar-refractivity contribution in [2.45, 2.75) is 47.6 Å². The van der Waals surface area contributed by atoms with Gasteiger partial charge in [0.2, 0.25) is 10.6 Å². The van der Waals surface area contributed by atoms with Crippen LogP contribution in [0.4, 0.5) is 27.5 Å². The molecule has 1 saturated heterocycles. The maximum absolute atomic E-state index is 10.9. The number of carboxylic acids is 1. The van der Waals surface area contributed by atoms with Crippen LogP contribution in [0.15, 0.2) is 182 Å². The molecular formula is C82H100B2Br3Cl7MnN12O24P. The number of fused-ring (bicyclic) bond motifs is 3. The van der Waals surface area contributed by atoms with Crippen molar-refractivity contribution in [1.82, 2.24) is 29.9 Å². The zero-order valence-electron chi connectivity index (χ0n) is 71.0.